The molecule has 2 heterocycles. The van der Waals surface area contributed by atoms with Crippen molar-refractivity contribution in [3.8, 4) is 5.88 Å². The molecule has 3 rings (SSSR count). The summed E-state index contributed by atoms with van der Waals surface area (Å²) < 4.78 is 29.9. The average molecular weight is 481 g/mol. The van der Waals surface area contributed by atoms with Crippen LogP contribution >= 0.6 is 0 Å². The highest BCUT2D eigenvalue weighted by Gasteiger charge is 2.46. The largest absolute Gasteiger partial charge is 0.469 e. The lowest BCUT2D eigenvalue weighted by Crippen LogP contribution is -2.58. The third-order valence-electron chi connectivity index (χ3n) is 5.92. The summed E-state index contributed by atoms with van der Waals surface area (Å²) in [7, 11) is 1.38. The molecule has 0 amide bonds. The zero-order valence-corrected chi connectivity index (χ0v) is 19.6. The second-order valence-corrected chi connectivity index (χ2v) is 8.76. The van der Waals surface area contributed by atoms with E-state index in [9.17, 15) is 24.5 Å². The lowest BCUT2D eigenvalue weighted by molar-refractivity contribution is -0.265. The Bertz CT molecular complexity index is 932. The van der Waals surface area contributed by atoms with E-state index in [1.165, 1.54) is 7.11 Å². The van der Waals surface area contributed by atoms with Crippen molar-refractivity contribution in [1.82, 2.24) is 10.2 Å². The van der Waals surface area contributed by atoms with Gasteiger partial charge in [-0.2, -0.15) is 5.10 Å². The molecule has 10 heteroatoms. The molecule has 1 saturated heterocycles. The number of aryl methyl sites for hydroxylation is 1. The van der Waals surface area contributed by atoms with Crippen LogP contribution in [0.1, 0.15) is 55.0 Å². The van der Waals surface area contributed by atoms with E-state index in [4.69, 9.17) is 9.47 Å². The van der Waals surface area contributed by atoms with Crippen LogP contribution in [0.2, 0.25) is 0 Å². The minimum atomic E-state index is -1.93. The summed E-state index contributed by atoms with van der Waals surface area (Å²) in [4.78, 5) is 11.3. The molecule has 1 aliphatic heterocycles. The van der Waals surface area contributed by atoms with Gasteiger partial charge in [-0.25, -0.2) is 9.49 Å². The molecule has 4 N–H and O–H groups in total. The van der Waals surface area contributed by atoms with Crippen LogP contribution in [-0.4, -0.2) is 76.0 Å². The van der Waals surface area contributed by atoms with Gasteiger partial charge < -0.3 is 29.5 Å². The topological polar surface area (TPSA) is 134 Å². The molecule has 188 valence electrons. The van der Waals surface area contributed by atoms with Gasteiger partial charge in [-0.05, 0) is 29.9 Å². The fourth-order valence-corrected chi connectivity index (χ4v) is 3.93. The highest BCUT2D eigenvalue weighted by atomic mass is 19.1. The number of methoxy groups -OCH3 is 1. The molecular formula is C24H33FN2O7. The number of aliphatic hydroxyl groups is 3. The van der Waals surface area contributed by atoms with Crippen LogP contribution in [0.25, 0.3) is 0 Å². The lowest BCUT2D eigenvalue weighted by atomic mass is 9.98. The van der Waals surface area contributed by atoms with E-state index in [-0.39, 0.29) is 17.8 Å². The lowest BCUT2D eigenvalue weighted by Gasteiger charge is -2.38. The van der Waals surface area contributed by atoms with E-state index < -0.39 is 37.4 Å². The summed E-state index contributed by atoms with van der Waals surface area (Å²) in [6.07, 6.45) is -5.71. The van der Waals surface area contributed by atoms with Crippen molar-refractivity contribution < 1.29 is 38.7 Å². The first-order valence-corrected chi connectivity index (χ1v) is 11.4. The van der Waals surface area contributed by atoms with Gasteiger partial charge >= 0.3 is 5.97 Å². The summed E-state index contributed by atoms with van der Waals surface area (Å²) in [5.74, 6) is 0.0951. The maximum atomic E-state index is 14.1. The van der Waals surface area contributed by atoms with Gasteiger partial charge in [0.15, 0.2) is 6.17 Å². The zero-order chi connectivity index (χ0) is 24.8. The molecule has 1 fully saturated rings. The number of nitrogens with zero attached hydrogens (tertiary/aromatic N) is 1. The molecule has 1 aromatic heterocycles. The molecule has 0 radical (unpaired) electrons. The van der Waals surface area contributed by atoms with Crippen LogP contribution in [0.3, 0.4) is 0 Å². The van der Waals surface area contributed by atoms with Crippen molar-refractivity contribution in [3.05, 3.63) is 46.6 Å². The fourth-order valence-electron chi connectivity index (χ4n) is 3.93. The number of halogens is 1. The van der Waals surface area contributed by atoms with E-state index in [0.717, 1.165) is 28.8 Å². The first-order chi connectivity index (χ1) is 16.2. The number of H-pyrrole nitrogens is 1. The SMILES string of the molecule is COC(=O)CCCc1ccc(Cc2c(C(C)C)n[nH]c2OC2O[C@H](CO)[C@@H](F)[C@H](O)[C@H]2O)cc1. The van der Waals surface area contributed by atoms with Crippen LogP contribution in [0.15, 0.2) is 24.3 Å². The summed E-state index contributed by atoms with van der Waals surface area (Å²) in [6.45, 7) is 3.31. The van der Waals surface area contributed by atoms with Gasteiger partial charge in [-0.3, -0.25) is 4.79 Å². The molecule has 1 aromatic carbocycles. The molecule has 1 unspecified atom stereocenters. The molecule has 0 bridgehead atoms. The monoisotopic (exact) mass is 480 g/mol. The van der Waals surface area contributed by atoms with Gasteiger partial charge in [0.05, 0.1) is 19.4 Å². The Morgan fingerprint density at radius 3 is 2.50 bits per heavy atom. The number of hydrogen-bond acceptors (Lipinski definition) is 8. The van der Waals surface area contributed by atoms with Crippen molar-refractivity contribution in [2.24, 2.45) is 0 Å². The van der Waals surface area contributed by atoms with E-state index in [2.05, 4.69) is 14.9 Å². The third kappa shape index (κ3) is 6.12. The van der Waals surface area contributed by atoms with Crippen molar-refractivity contribution in [1.29, 1.82) is 0 Å². The Balaban J connectivity index is 1.73. The molecule has 0 aliphatic carbocycles. The first kappa shape index (κ1) is 26.1. The Morgan fingerprint density at radius 1 is 1.21 bits per heavy atom. The highest BCUT2D eigenvalue weighted by Crippen LogP contribution is 2.31. The van der Waals surface area contributed by atoms with E-state index in [0.29, 0.717) is 19.3 Å². The van der Waals surface area contributed by atoms with Crippen LogP contribution in [0.4, 0.5) is 4.39 Å². The smallest absolute Gasteiger partial charge is 0.305 e. The first-order valence-electron chi connectivity index (χ1n) is 11.4. The molecular weight excluding hydrogens is 447 g/mol. The van der Waals surface area contributed by atoms with E-state index in [1.807, 2.05) is 38.1 Å². The molecule has 1 aliphatic rings. The second kappa shape index (κ2) is 11.7. The van der Waals surface area contributed by atoms with Crippen LogP contribution < -0.4 is 4.74 Å². The fraction of sp³-hybridized carbons (Fsp3) is 0.583. The van der Waals surface area contributed by atoms with Crippen LogP contribution in [-0.2, 0) is 27.1 Å². The van der Waals surface area contributed by atoms with E-state index >= 15 is 0 Å². The normalized spacial score (nSPS) is 24.9. The highest BCUT2D eigenvalue weighted by molar-refractivity contribution is 5.69. The van der Waals surface area contributed by atoms with Gasteiger partial charge in [-0.1, -0.05) is 38.1 Å². The minimum absolute atomic E-state index is 0.0735. The number of aromatic nitrogens is 2. The number of esters is 1. The Hall–Kier alpha value is -2.53. The summed E-state index contributed by atoms with van der Waals surface area (Å²) in [5, 5.41) is 36.7. The number of carbonyl (C=O) groups is 1. The summed E-state index contributed by atoms with van der Waals surface area (Å²) in [6, 6.07) is 7.97. The van der Waals surface area contributed by atoms with Crippen LogP contribution in [0.5, 0.6) is 5.88 Å². The number of ether oxygens (including phenoxy) is 3. The summed E-state index contributed by atoms with van der Waals surface area (Å²) >= 11 is 0. The van der Waals surface area contributed by atoms with Gasteiger partial charge in [-0.15, -0.1) is 0 Å². The molecule has 9 nitrogen and oxygen atoms in total. The molecule has 34 heavy (non-hydrogen) atoms. The average Bonchev–Trinajstić information content (AvgIpc) is 3.22. The number of rotatable bonds is 10. The maximum Gasteiger partial charge on any atom is 0.305 e. The number of nitrogens with one attached hydrogen (secondary N) is 1. The number of alkyl halides is 1. The van der Waals surface area contributed by atoms with Crippen molar-refractivity contribution in [3.63, 3.8) is 0 Å². The predicted molar refractivity (Wildman–Crippen MR) is 120 cm³/mol. The number of aromatic amines is 1. The second-order valence-electron chi connectivity index (χ2n) is 8.76. The standard InChI is InChI=1S/C24H33FN2O7/c1-13(2)20-16(11-15-9-7-14(8-10-15)5-4-6-18(29)32-3)23(27-26-20)34-24-22(31)21(30)19(25)17(12-28)33-24/h7-10,13,17,19,21-22,24,28,30-31H,4-6,11-12H2,1-3H3,(H,26,27)/t17-,19-,21+,22-,24?/m1/s1. The molecule has 0 spiro atoms. The zero-order valence-electron chi connectivity index (χ0n) is 19.6. The van der Waals surface area contributed by atoms with Gasteiger partial charge in [0.25, 0.3) is 0 Å². The minimum Gasteiger partial charge on any atom is -0.469 e. The van der Waals surface area contributed by atoms with Gasteiger partial charge in [0.2, 0.25) is 12.2 Å². The Morgan fingerprint density at radius 2 is 1.88 bits per heavy atom. The third-order valence-corrected chi connectivity index (χ3v) is 5.92. The Labute approximate surface area is 197 Å². The Kier molecular flexibility index (Phi) is 9.01. The number of carbonyl (C=O) groups excluding carboxylic acids is 1. The van der Waals surface area contributed by atoms with Gasteiger partial charge in [0.1, 0.15) is 18.3 Å². The van der Waals surface area contributed by atoms with Crippen molar-refractivity contribution in [2.45, 2.75) is 76.2 Å². The maximum absolute atomic E-state index is 14.1. The van der Waals surface area contributed by atoms with Crippen molar-refractivity contribution >= 4 is 5.97 Å². The van der Waals surface area contributed by atoms with Crippen LogP contribution in [0, 0.1) is 0 Å². The quantitative estimate of drug-likeness (QED) is 0.378. The molecule has 2 aromatic rings. The van der Waals surface area contributed by atoms with Crippen molar-refractivity contribution in [2.75, 3.05) is 13.7 Å². The van der Waals surface area contributed by atoms with E-state index in [1.54, 1.807) is 0 Å². The number of aliphatic hydroxyl groups excluding tert-OH is 3. The number of hydrogen-bond donors (Lipinski definition) is 4. The predicted octanol–water partition coefficient (Wildman–Crippen LogP) is 1.78. The summed E-state index contributed by atoms with van der Waals surface area (Å²) in [5.41, 5.74) is 3.61. The van der Waals surface area contributed by atoms with Gasteiger partial charge in [0, 0.05) is 18.4 Å². The molecule has 0 saturated carbocycles. The molecule has 5 atom stereocenters. The number of benzene rings is 1.